The number of carboxylic acid groups (broad SMARTS) is 1. The quantitative estimate of drug-likeness (QED) is 0.857. The molecule has 1 unspecified atom stereocenters. The number of carbonyl (C=O) groups is 1. The molecule has 0 saturated carbocycles. The lowest BCUT2D eigenvalue weighted by atomic mass is 10.1. The summed E-state index contributed by atoms with van der Waals surface area (Å²) in [6.45, 7) is 3.84. The predicted molar refractivity (Wildman–Crippen MR) is 72.3 cm³/mol. The smallest absolute Gasteiger partial charge is 0.337 e. The van der Waals surface area contributed by atoms with Crippen LogP contribution in [0, 0.1) is 6.92 Å². The van der Waals surface area contributed by atoms with Crippen molar-refractivity contribution in [2.75, 3.05) is 25.5 Å². The van der Waals surface area contributed by atoms with E-state index in [4.69, 9.17) is 0 Å². The first-order chi connectivity index (χ1) is 8.58. The minimum Gasteiger partial charge on any atom is -0.478 e. The number of nitrogens with one attached hydrogen (secondary N) is 1. The minimum absolute atomic E-state index is 0.357. The van der Waals surface area contributed by atoms with Gasteiger partial charge in [0.15, 0.2) is 0 Å². The Hall–Kier alpha value is -1.55. The van der Waals surface area contributed by atoms with Gasteiger partial charge in [-0.1, -0.05) is 11.6 Å². The van der Waals surface area contributed by atoms with Crippen molar-refractivity contribution in [3.8, 4) is 0 Å². The standard InChI is InChI=1S/C14H20N2O2/c1-10-5-6-13(12(8-10)14(17)18)15-9-11-4-3-7-16(11)2/h5-6,8,11,15H,3-4,7,9H2,1-2H3,(H,17,18). The monoisotopic (exact) mass is 248 g/mol. The fourth-order valence-electron chi connectivity index (χ4n) is 2.45. The van der Waals surface area contributed by atoms with Gasteiger partial charge in [-0.15, -0.1) is 0 Å². The lowest BCUT2D eigenvalue weighted by Gasteiger charge is -2.21. The molecule has 0 aromatic heterocycles. The molecule has 0 aliphatic carbocycles. The van der Waals surface area contributed by atoms with Gasteiger partial charge in [-0.3, -0.25) is 0 Å². The highest BCUT2D eigenvalue weighted by atomic mass is 16.4. The van der Waals surface area contributed by atoms with Crippen molar-refractivity contribution in [3.05, 3.63) is 29.3 Å². The molecule has 1 saturated heterocycles. The maximum Gasteiger partial charge on any atom is 0.337 e. The maximum atomic E-state index is 11.2. The van der Waals surface area contributed by atoms with Crippen molar-refractivity contribution in [2.45, 2.75) is 25.8 Å². The third kappa shape index (κ3) is 2.82. The second-order valence-electron chi connectivity index (χ2n) is 5.01. The van der Waals surface area contributed by atoms with Gasteiger partial charge in [0.2, 0.25) is 0 Å². The Kier molecular flexibility index (Phi) is 3.87. The van der Waals surface area contributed by atoms with Gasteiger partial charge < -0.3 is 15.3 Å². The lowest BCUT2D eigenvalue weighted by molar-refractivity contribution is 0.0698. The molecule has 1 fully saturated rings. The van der Waals surface area contributed by atoms with Crippen LogP contribution in [0.1, 0.15) is 28.8 Å². The number of benzene rings is 1. The maximum absolute atomic E-state index is 11.2. The zero-order valence-corrected chi connectivity index (χ0v) is 10.9. The van der Waals surface area contributed by atoms with Gasteiger partial charge >= 0.3 is 5.97 Å². The molecular weight excluding hydrogens is 228 g/mol. The normalized spacial score (nSPS) is 20.0. The van der Waals surface area contributed by atoms with E-state index in [1.807, 2.05) is 19.1 Å². The van der Waals surface area contributed by atoms with Crippen molar-refractivity contribution >= 4 is 11.7 Å². The predicted octanol–water partition coefficient (Wildman–Crippen LogP) is 2.20. The molecule has 0 bridgehead atoms. The van der Waals surface area contributed by atoms with Crippen LogP contribution in [-0.2, 0) is 0 Å². The van der Waals surface area contributed by atoms with Crippen LogP contribution in [0.25, 0.3) is 0 Å². The van der Waals surface area contributed by atoms with E-state index in [2.05, 4.69) is 17.3 Å². The molecular formula is C14H20N2O2. The summed E-state index contributed by atoms with van der Waals surface area (Å²) in [4.78, 5) is 13.5. The Labute approximate surface area is 108 Å². The van der Waals surface area contributed by atoms with E-state index in [-0.39, 0.29) is 0 Å². The number of carboxylic acids is 1. The summed E-state index contributed by atoms with van der Waals surface area (Å²) in [7, 11) is 2.12. The molecule has 0 amide bonds. The Balaban J connectivity index is 2.06. The molecule has 1 aromatic rings. The zero-order valence-electron chi connectivity index (χ0n) is 10.9. The highest BCUT2D eigenvalue weighted by molar-refractivity contribution is 5.94. The number of rotatable bonds is 4. The van der Waals surface area contributed by atoms with Crippen LogP contribution < -0.4 is 5.32 Å². The number of likely N-dealkylation sites (N-methyl/N-ethyl adjacent to an activating group) is 1. The van der Waals surface area contributed by atoms with E-state index >= 15 is 0 Å². The van der Waals surface area contributed by atoms with Crippen molar-refractivity contribution < 1.29 is 9.90 Å². The van der Waals surface area contributed by atoms with Crippen LogP contribution in [0.3, 0.4) is 0 Å². The summed E-state index contributed by atoms with van der Waals surface area (Å²) in [6, 6.07) is 6.01. The molecule has 1 heterocycles. The molecule has 2 rings (SSSR count). The number of likely N-dealkylation sites (tertiary alicyclic amines) is 1. The Morgan fingerprint density at radius 1 is 1.56 bits per heavy atom. The Morgan fingerprint density at radius 3 is 2.94 bits per heavy atom. The molecule has 98 valence electrons. The molecule has 0 radical (unpaired) electrons. The topological polar surface area (TPSA) is 52.6 Å². The van der Waals surface area contributed by atoms with Gasteiger partial charge in [0.25, 0.3) is 0 Å². The van der Waals surface area contributed by atoms with E-state index in [1.165, 1.54) is 12.8 Å². The summed E-state index contributed by atoms with van der Waals surface area (Å²) in [5.41, 5.74) is 2.04. The molecule has 1 aliphatic heterocycles. The van der Waals surface area contributed by atoms with Gasteiger partial charge in [0.1, 0.15) is 0 Å². The lowest BCUT2D eigenvalue weighted by Crippen LogP contribution is -2.31. The highest BCUT2D eigenvalue weighted by Crippen LogP contribution is 2.20. The van der Waals surface area contributed by atoms with Crippen molar-refractivity contribution in [3.63, 3.8) is 0 Å². The van der Waals surface area contributed by atoms with E-state index < -0.39 is 5.97 Å². The van der Waals surface area contributed by atoms with Gasteiger partial charge in [0.05, 0.1) is 5.56 Å². The molecule has 4 nitrogen and oxygen atoms in total. The van der Waals surface area contributed by atoms with Crippen molar-refractivity contribution in [1.82, 2.24) is 4.90 Å². The van der Waals surface area contributed by atoms with Crippen LogP contribution in [0.5, 0.6) is 0 Å². The summed E-state index contributed by atoms with van der Waals surface area (Å²) in [5.74, 6) is -0.874. The first kappa shape index (κ1) is 12.9. The molecule has 18 heavy (non-hydrogen) atoms. The van der Waals surface area contributed by atoms with Crippen LogP contribution >= 0.6 is 0 Å². The van der Waals surface area contributed by atoms with Crippen molar-refractivity contribution in [2.24, 2.45) is 0 Å². The minimum atomic E-state index is -0.874. The molecule has 1 aromatic carbocycles. The second-order valence-corrected chi connectivity index (χ2v) is 5.01. The van der Waals surface area contributed by atoms with E-state index in [1.54, 1.807) is 6.07 Å². The first-order valence-electron chi connectivity index (χ1n) is 6.36. The van der Waals surface area contributed by atoms with E-state index in [9.17, 15) is 9.90 Å². The third-order valence-electron chi connectivity index (χ3n) is 3.61. The van der Waals surface area contributed by atoms with Crippen molar-refractivity contribution in [1.29, 1.82) is 0 Å². The van der Waals surface area contributed by atoms with Crippen LogP contribution in [0.4, 0.5) is 5.69 Å². The molecule has 0 spiro atoms. The number of anilines is 1. The molecule has 1 aliphatic rings. The first-order valence-corrected chi connectivity index (χ1v) is 6.36. The number of aromatic carboxylic acids is 1. The summed E-state index contributed by atoms with van der Waals surface area (Å²) in [6.07, 6.45) is 2.40. The molecule has 2 N–H and O–H groups in total. The van der Waals surface area contributed by atoms with E-state index in [0.29, 0.717) is 17.3 Å². The number of hydrogen-bond donors (Lipinski definition) is 2. The highest BCUT2D eigenvalue weighted by Gasteiger charge is 2.21. The number of nitrogens with zero attached hydrogens (tertiary/aromatic N) is 1. The average molecular weight is 248 g/mol. The van der Waals surface area contributed by atoms with Crippen LogP contribution in [-0.4, -0.2) is 42.2 Å². The average Bonchev–Trinajstić information content (AvgIpc) is 2.73. The van der Waals surface area contributed by atoms with Gasteiger partial charge in [-0.05, 0) is 45.5 Å². The van der Waals surface area contributed by atoms with Gasteiger partial charge in [-0.2, -0.15) is 0 Å². The van der Waals surface area contributed by atoms with E-state index in [0.717, 1.165) is 18.7 Å². The third-order valence-corrected chi connectivity index (χ3v) is 3.61. The fraction of sp³-hybridized carbons (Fsp3) is 0.500. The summed E-state index contributed by atoms with van der Waals surface area (Å²) in [5, 5.41) is 12.5. The summed E-state index contributed by atoms with van der Waals surface area (Å²) < 4.78 is 0. The SMILES string of the molecule is Cc1ccc(NCC2CCCN2C)c(C(=O)O)c1. The molecule has 1 atom stereocenters. The van der Waals surface area contributed by atoms with Crippen LogP contribution in [0.2, 0.25) is 0 Å². The second kappa shape index (κ2) is 5.40. The molecule has 4 heteroatoms. The fourth-order valence-corrected chi connectivity index (χ4v) is 2.45. The van der Waals surface area contributed by atoms with Gasteiger partial charge in [0, 0.05) is 18.3 Å². The largest absolute Gasteiger partial charge is 0.478 e. The Morgan fingerprint density at radius 2 is 2.33 bits per heavy atom. The summed E-state index contributed by atoms with van der Waals surface area (Å²) >= 11 is 0. The number of aryl methyl sites for hydroxylation is 1. The van der Waals surface area contributed by atoms with Crippen LogP contribution in [0.15, 0.2) is 18.2 Å². The van der Waals surface area contributed by atoms with Gasteiger partial charge in [-0.25, -0.2) is 4.79 Å². The Bertz CT molecular complexity index is 445. The zero-order chi connectivity index (χ0) is 13.1. The number of hydrogen-bond acceptors (Lipinski definition) is 3.